The number of nitrogens with one attached hydrogen (secondary N) is 1. The molecular weight excluding hydrogens is 368 g/mol. The lowest BCUT2D eigenvalue weighted by Gasteiger charge is -2.18. The molecule has 0 aromatic heterocycles. The highest BCUT2D eigenvalue weighted by molar-refractivity contribution is 6.02. The normalized spacial score (nSPS) is 15.2. The lowest BCUT2D eigenvalue weighted by atomic mass is 10.0. The average Bonchev–Trinajstić information content (AvgIpc) is 2.87. The third kappa shape index (κ3) is 5.03. The molecule has 0 spiro atoms. The number of hydrogen-bond donors (Lipinski definition) is 1. The van der Waals surface area contributed by atoms with Crippen molar-refractivity contribution in [2.45, 2.75) is 32.3 Å². The SMILES string of the molecule is O=C(CN1CCCCCC1=O)N/N=C\c1c(OC(F)F)ccc2ccccc12. The molecule has 0 saturated carbocycles. The standard InChI is InChI=1S/C20H21F2N3O3/c21-20(22)28-17-10-9-14-6-3-4-7-15(14)16(17)12-23-24-18(26)13-25-11-5-1-2-8-19(25)27/h3-4,6-7,9-10,12,20H,1-2,5,8,11,13H2,(H,24,26)/b23-12-. The number of alkyl halides is 2. The Labute approximate surface area is 161 Å². The van der Waals surface area contributed by atoms with E-state index in [1.165, 1.54) is 17.2 Å². The molecule has 1 aliphatic rings. The van der Waals surface area contributed by atoms with Gasteiger partial charge in [0, 0.05) is 18.5 Å². The molecule has 1 heterocycles. The molecule has 148 valence electrons. The van der Waals surface area contributed by atoms with Gasteiger partial charge in [-0.1, -0.05) is 36.8 Å². The highest BCUT2D eigenvalue weighted by atomic mass is 19.3. The van der Waals surface area contributed by atoms with Crippen LogP contribution in [0, 0.1) is 0 Å². The largest absolute Gasteiger partial charge is 0.434 e. The molecule has 6 nitrogen and oxygen atoms in total. The number of hydrogen-bond acceptors (Lipinski definition) is 4. The van der Waals surface area contributed by atoms with E-state index in [0.29, 0.717) is 23.9 Å². The van der Waals surface area contributed by atoms with Crippen molar-refractivity contribution in [3.05, 3.63) is 42.0 Å². The van der Waals surface area contributed by atoms with Crippen molar-refractivity contribution in [1.29, 1.82) is 0 Å². The molecule has 2 aromatic rings. The Bertz CT molecular complexity index is 886. The van der Waals surface area contributed by atoms with E-state index in [9.17, 15) is 18.4 Å². The van der Waals surface area contributed by atoms with Gasteiger partial charge in [0.1, 0.15) is 12.3 Å². The monoisotopic (exact) mass is 389 g/mol. The maximum atomic E-state index is 12.7. The number of likely N-dealkylation sites (tertiary alicyclic amines) is 1. The summed E-state index contributed by atoms with van der Waals surface area (Å²) in [5.41, 5.74) is 2.70. The van der Waals surface area contributed by atoms with E-state index < -0.39 is 12.5 Å². The first-order valence-electron chi connectivity index (χ1n) is 9.11. The predicted octanol–water partition coefficient (Wildman–Crippen LogP) is 3.29. The van der Waals surface area contributed by atoms with Crippen molar-refractivity contribution >= 4 is 28.8 Å². The molecule has 1 aliphatic heterocycles. The van der Waals surface area contributed by atoms with Crippen LogP contribution in [0.2, 0.25) is 0 Å². The van der Waals surface area contributed by atoms with Gasteiger partial charge in [-0.15, -0.1) is 0 Å². The third-order valence-corrected chi connectivity index (χ3v) is 4.54. The lowest BCUT2D eigenvalue weighted by molar-refractivity contribution is -0.135. The van der Waals surface area contributed by atoms with Crippen molar-refractivity contribution in [3.63, 3.8) is 0 Å². The minimum atomic E-state index is -2.98. The molecule has 0 atom stereocenters. The third-order valence-electron chi connectivity index (χ3n) is 4.54. The average molecular weight is 389 g/mol. The zero-order chi connectivity index (χ0) is 19.9. The van der Waals surface area contributed by atoms with Gasteiger partial charge in [-0.25, -0.2) is 5.43 Å². The van der Waals surface area contributed by atoms with E-state index in [2.05, 4.69) is 15.3 Å². The van der Waals surface area contributed by atoms with E-state index >= 15 is 0 Å². The second-order valence-corrected chi connectivity index (χ2v) is 6.50. The van der Waals surface area contributed by atoms with Gasteiger partial charge in [0.05, 0.1) is 6.21 Å². The van der Waals surface area contributed by atoms with Gasteiger partial charge in [0.15, 0.2) is 0 Å². The summed E-state index contributed by atoms with van der Waals surface area (Å²) < 4.78 is 30.0. The molecule has 1 N–H and O–H groups in total. The van der Waals surface area contributed by atoms with Crippen LogP contribution in [0.4, 0.5) is 8.78 Å². The predicted molar refractivity (Wildman–Crippen MR) is 101 cm³/mol. The van der Waals surface area contributed by atoms with E-state index in [1.54, 1.807) is 18.2 Å². The van der Waals surface area contributed by atoms with Crippen LogP contribution in [0.25, 0.3) is 10.8 Å². The van der Waals surface area contributed by atoms with Gasteiger partial charge in [0.25, 0.3) is 5.91 Å². The van der Waals surface area contributed by atoms with E-state index in [4.69, 9.17) is 0 Å². The molecule has 0 radical (unpaired) electrons. The van der Waals surface area contributed by atoms with Gasteiger partial charge in [-0.05, 0) is 29.7 Å². The second kappa shape index (κ2) is 9.25. The van der Waals surface area contributed by atoms with Crippen molar-refractivity contribution in [3.8, 4) is 5.75 Å². The summed E-state index contributed by atoms with van der Waals surface area (Å²) in [4.78, 5) is 25.6. The first-order valence-corrected chi connectivity index (χ1v) is 9.11. The van der Waals surface area contributed by atoms with E-state index in [0.717, 1.165) is 24.6 Å². The van der Waals surface area contributed by atoms with Gasteiger partial charge in [-0.2, -0.15) is 13.9 Å². The molecule has 3 rings (SSSR count). The van der Waals surface area contributed by atoms with Crippen LogP contribution in [-0.2, 0) is 9.59 Å². The number of ether oxygens (including phenoxy) is 1. The summed E-state index contributed by atoms with van der Waals surface area (Å²) in [5, 5.41) is 5.38. The first kappa shape index (κ1) is 19.7. The Kier molecular flexibility index (Phi) is 6.52. The number of rotatable bonds is 6. The zero-order valence-electron chi connectivity index (χ0n) is 15.2. The molecule has 0 bridgehead atoms. The van der Waals surface area contributed by atoms with Crippen LogP contribution in [0.1, 0.15) is 31.2 Å². The van der Waals surface area contributed by atoms with Crippen LogP contribution in [0.5, 0.6) is 5.75 Å². The zero-order valence-corrected chi connectivity index (χ0v) is 15.2. The Hall–Kier alpha value is -3.03. The maximum absolute atomic E-state index is 12.7. The summed E-state index contributed by atoms with van der Waals surface area (Å²) in [6.07, 6.45) is 4.40. The van der Waals surface area contributed by atoms with Crippen molar-refractivity contribution in [2.24, 2.45) is 5.10 Å². The number of hydrazone groups is 1. The topological polar surface area (TPSA) is 71.0 Å². The van der Waals surface area contributed by atoms with Gasteiger partial charge >= 0.3 is 6.61 Å². The fourth-order valence-corrected chi connectivity index (χ4v) is 3.19. The van der Waals surface area contributed by atoms with Crippen molar-refractivity contribution < 1.29 is 23.1 Å². The summed E-state index contributed by atoms with van der Waals surface area (Å²) in [7, 11) is 0. The highest BCUT2D eigenvalue weighted by Crippen LogP contribution is 2.27. The number of fused-ring (bicyclic) bond motifs is 1. The molecule has 1 saturated heterocycles. The Morgan fingerprint density at radius 2 is 2.04 bits per heavy atom. The van der Waals surface area contributed by atoms with Crippen LogP contribution in [-0.4, -0.2) is 42.6 Å². The minimum absolute atomic E-state index is 0.0330. The minimum Gasteiger partial charge on any atom is -0.434 e. The molecule has 0 unspecified atom stereocenters. The van der Waals surface area contributed by atoms with Crippen molar-refractivity contribution in [2.75, 3.05) is 13.1 Å². The van der Waals surface area contributed by atoms with Gasteiger partial charge in [-0.3, -0.25) is 9.59 Å². The van der Waals surface area contributed by atoms with Crippen LogP contribution in [0.15, 0.2) is 41.5 Å². The quantitative estimate of drug-likeness (QED) is 0.609. The Balaban J connectivity index is 1.73. The number of carbonyl (C=O) groups excluding carboxylic acids is 2. The van der Waals surface area contributed by atoms with E-state index in [1.807, 2.05) is 12.1 Å². The number of benzene rings is 2. The Morgan fingerprint density at radius 1 is 1.21 bits per heavy atom. The van der Waals surface area contributed by atoms with Crippen LogP contribution >= 0.6 is 0 Å². The van der Waals surface area contributed by atoms with Crippen LogP contribution in [0.3, 0.4) is 0 Å². The highest BCUT2D eigenvalue weighted by Gasteiger charge is 2.19. The maximum Gasteiger partial charge on any atom is 0.387 e. The van der Waals surface area contributed by atoms with Crippen LogP contribution < -0.4 is 10.2 Å². The number of nitrogens with zero attached hydrogens (tertiary/aromatic N) is 2. The Morgan fingerprint density at radius 3 is 2.86 bits per heavy atom. The number of halogens is 2. The van der Waals surface area contributed by atoms with Gasteiger partial charge in [0.2, 0.25) is 5.91 Å². The van der Waals surface area contributed by atoms with E-state index in [-0.39, 0.29) is 18.2 Å². The molecule has 2 amide bonds. The lowest BCUT2D eigenvalue weighted by Crippen LogP contribution is -2.39. The second-order valence-electron chi connectivity index (χ2n) is 6.50. The summed E-state index contributed by atoms with van der Waals surface area (Å²) in [5.74, 6) is -0.518. The van der Waals surface area contributed by atoms with Gasteiger partial charge < -0.3 is 9.64 Å². The fourth-order valence-electron chi connectivity index (χ4n) is 3.19. The molecule has 2 aromatic carbocycles. The first-order chi connectivity index (χ1) is 13.5. The fraction of sp³-hybridized carbons (Fsp3) is 0.350. The molecular formula is C20H21F2N3O3. The molecule has 8 heteroatoms. The molecule has 1 fully saturated rings. The summed E-state index contributed by atoms with van der Waals surface area (Å²) in [6.45, 7) is -2.51. The van der Waals surface area contributed by atoms with Crippen molar-refractivity contribution in [1.82, 2.24) is 10.3 Å². The number of carbonyl (C=O) groups is 2. The summed E-state index contributed by atoms with van der Waals surface area (Å²) in [6, 6.07) is 10.3. The molecule has 28 heavy (non-hydrogen) atoms. The smallest absolute Gasteiger partial charge is 0.387 e. The molecule has 0 aliphatic carbocycles. The summed E-state index contributed by atoms with van der Waals surface area (Å²) >= 11 is 0. The number of amides is 2.